The van der Waals surface area contributed by atoms with Gasteiger partial charge in [0.05, 0.1) is 12.6 Å². The van der Waals surface area contributed by atoms with Crippen LogP contribution in [0.3, 0.4) is 0 Å². The van der Waals surface area contributed by atoms with E-state index in [0.717, 1.165) is 11.1 Å². The molecule has 0 saturated carbocycles. The Bertz CT molecular complexity index is 1220. The summed E-state index contributed by atoms with van der Waals surface area (Å²) in [7, 11) is 0. The number of alkyl carbamates (subject to hydrolysis) is 1. The van der Waals surface area contributed by atoms with Gasteiger partial charge in [0, 0.05) is 26.0 Å². The van der Waals surface area contributed by atoms with Crippen LogP contribution in [0.5, 0.6) is 0 Å². The van der Waals surface area contributed by atoms with Crippen molar-refractivity contribution >= 4 is 29.8 Å². The molecule has 4 amide bonds. The second-order valence-electron chi connectivity index (χ2n) is 10.3. The lowest BCUT2D eigenvalue weighted by Gasteiger charge is -2.25. The maximum Gasteiger partial charge on any atom is 0.408 e. The summed E-state index contributed by atoms with van der Waals surface area (Å²) in [4.78, 5) is 63.0. The Morgan fingerprint density at radius 1 is 0.791 bits per heavy atom. The molecule has 43 heavy (non-hydrogen) atoms. The van der Waals surface area contributed by atoms with Gasteiger partial charge in [0.15, 0.2) is 0 Å². The van der Waals surface area contributed by atoms with Crippen LogP contribution in [-0.4, -0.2) is 61.1 Å². The van der Waals surface area contributed by atoms with Crippen LogP contribution in [0.15, 0.2) is 72.8 Å². The summed E-state index contributed by atoms with van der Waals surface area (Å²) >= 11 is 0. The van der Waals surface area contributed by atoms with Crippen LogP contribution in [0.1, 0.15) is 45.2 Å². The van der Waals surface area contributed by atoms with Crippen LogP contribution in [0.4, 0.5) is 4.79 Å². The van der Waals surface area contributed by atoms with Crippen molar-refractivity contribution in [1.29, 1.82) is 0 Å². The molecule has 0 spiro atoms. The first-order valence-electron chi connectivity index (χ1n) is 14.3. The molecule has 3 atom stereocenters. The molecule has 0 saturated heterocycles. The lowest BCUT2D eigenvalue weighted by molar-refractivity contribution is -0.137. The fourth-order valence-corrected chi connectivity index (χ4v) is 4.03. The highest BCUT2D eigenvalue weighted by atomic mass is 16.5. The molecule has 0 aromatic heterocycles. The first kappa shape index (κ1) is 34.5. The molecule has 0 heterocycles. The third kappa shape index (κ3) is 14.2. The van der Waals surface area contributed by atoms with Crippen molar-refractivity contribution in [3.8, 4) is 0 Å². The number of nitrogens with one attached hydrogen (secondary N) is 4. The van der Waals surface area contributed by atoms with Gasteiger partial charge in [-0.05, 0) is 30.4 Å². The molecule has 11 heteroatoms. The normalized spacial score (nSPS) is 13.0. The molecule has 0 unspecified atom stereocenters. The average molecular weight is 595 g/mol. The highest BCUT2D eigenvalue weighted by Gasteiger charge is 2.29. The summed E-state index contributed by atoms with van der Waals surface area (Å²) in [6.07, 6.45) is 2.29. The zero-order chi connectivity index (χ0) is 31.6. The average Bonchev–Trinajstić information content (AvgIpc) is 2.97. The van der Waals surface area contributed by atoms with E-state index < -0.39 is 42.0 Å². The van der Waals surface area contributed by atoms with Crippen molar-refractivity contribution < 1.29 is 33.4 Å². The van der Waals surface area contributed by atoms with Gasteiger partial charge in [-0.15, -0.1) is 0 Å². The van der Waals surface area contributed by atoms with Crippen LogP contribution in [0.25, 0.3) is 0 Å². The molecule has 2 rings (SSSR count). The van der Waals surface area contributed by atoms with Gasteiger partial charge in [-0.25, -0.2) is 9.59 Å². The van der Waals surface area contributed by atoms with Gasteiger partial charge in [0.2, 0.25) is 17.7 Å². The SMILES string of the molecule is CCOC(=O)/C=C/[C@@H](CNC(C)=O)NC(=O)[C@H](Cc1ccccc1)NC(=O)[C@H](CC(C)C)NC(=O)OCc1ccccc1. The highest BCUT2D eigenvalue weighted by Crippen LogP contribution is 2.09. The van der Waals surface area contributed by atoms with E-state index in [1.54, 1.807) is 6.92 Å². The van der Waals surface area contributed by atoms with Crippen LogP contribution < -0.4 is 21.3 Å². The molecule has 0 aliphatic heterocycles. The number of carbonyl (C=O) groups excluding carboxylic acids is 5. The summed E-state index contributed by atoms with van der Waals surface area (Å²) in [5, 5.41) is 10.8. The maximum atomic E-state index is 13.5. The second kappa shape index (κ2) is 18.7. The summed E-state index contributed by atoms with van der Waals surface area (Å²) in [5.74, 6) is -1.97. The van der Waals surface area contributed by atoms with Crippen LogP contribution in [0.2, 0.25) is 0 Å². The molecular weight excluding hydrogens is 552 g/mol. The molecule has 4 N–H and O–H groups in total. The second-order valence-corrected chi connectivity index (χ2v) is 10.3. The van der Waals surface area contributed by atoms with Gasteiger partial charge < -0.3 is 30.7 Å². The van der Waals surface area contributed by atoms with Crippen LogP contribution in [0, 0.1) is 5.92 Å². The molecule has 232 valence electrons. The van der Waals surface area contributed by atoms with E-state index in [1.165, 1.54) is 19.1 Å². The van der Waals surface area contributed by atoms with Crippen molar-refractivity contribution in [1.82, 2.24) is 21.3 Å². The molecule has 0 aliphatic rings. The number of benzene rings is 2. The molecule has 0 bridgehead atoms. The molecular formula is C32H42N4O7. The zero-order valence-electron chi connectivity index (χ0n) is 25.1. The van der Waals surface area contributed by atoms with Crippen molar-refractivity contribution in [2.75, 3.05) is 13.2 Å². The zero-order valence-corrected chi connectivity index (χ0v) is 25.1. The van der Waals surface area contributed by atoms with Crippen molar-refractivity contribution in [2.45, 2.75) is 65.3 Å². The topological polar surface area (TPSA) is 152 Å². The number of carbonyl (C=O) groups is 5. The number of hydrogen-bond acceptors (Lipinski definition) is 7. The van der Waals surface area contributed by atoms with E-state index in [9.17, 15) is 24.0 Å². The first-order chi connectivity index (χ1) is 20.6. The molecule has 11 nitrogen and oxygen atoms in total. The first-order valence-corrected chi connectivity index (χ1v) is 14.3. The molecule has 2 aromatic carbocycles. The maximum absolute atomic E-state index is 13.5. The number of ether oxygens (including phenoxy) is 2. The van der Waals surface area contributed by atoms with E-state index in [2.05, 4.69) is 21.3 Å². The minimum absolute atomic E-state index is 0.00771. The smallest absolute Gasteiger partial charge is 0.408 e. The monoisotopic (exact) mass is 594 g/mol. The summed E-state index contributed by atoms with van der Waals surface area (Å²) in [6, 6.07) is 15.5. The van der Waals surface area contributed by atoms with Gasteiger partial charge in [0.25, 0.3) is 0 Å². The Hall–Kier alpha value is -4.67. The predicted octanol–water partition coefficient (Wildman–Crippen LogP) is 2.80. The third-order valence-electron chi connectivity index (χ3n) is 6.09. The van der Waals surface area contributed by atoms with Crippen molar-refractivity contribution in [3.63, 3.8) is 0 Å². The Morgan fingerprint density at radius 3 is 1.98 bits per heavy atom. The summed E-state index contributed by atoms with van der Waals surface area (Å²) in [6.45, 7) is 7.05. The number of hydrogen-bond donors (Lipinski definition) is 4. The summed E-state index contributed by atoms with van der Waals surface area (Å²) in [5.41, 5.74) is 1.59. The fourth-order valence-electron chi connectivity index (χ4n) is 4.03. The van der Waals surface area contributed by atoms with Crippen molar-refractivity contribution in [3.05, 3.63) is 83.9 Å². The standard InChI is InChI=1S/C32H42N4O7/c1-5-42-29(38)17-16-26(20-33-23(4)37)34-30(39)28(19-24-12-8-6-9-13-24)35-31(40)27(18-22(2)3)36-32(41)43-21-25-14-10-7-11-15-25/h6-17,22,26-28H,5,18-21H2,1-4H3,(H,33,37)(H,34,39)(H,35,40)(H,36,41)/b17-16+/t26-,27-,28-/m0/s1. The molecule has 2 aromatic rings. The minimum atomic E-state index is -1.04. The lowest BCUT2D eigenvalue weighted by Crippen LogP contribution is -2.56. The fraction of sp³-hybridized carbons (Fsp3) is 0.406. The van der Waals surface area contributed by atoms with Gasteiger partial charge in [-0.3, -0.25) is 14.4 Å². The van der Waals surface area contributed by atoms with Gasteiger partial charge in [-0.1, -0.05) is 80.6 Å². The number of rotatable bonds is 16. The number of esters is 1. The van der Waals surface area contributed by atoms with E-state index in [0.29, 0.717) is 6.42 Å². The minimum Gasteiger partial charge on any atom is -0.463 e. The quantitative estimate of drug-likeness (QED) is 0.172. The number of amides is 4. The Morgan fingerprint density at radius 2 is 1.40 bits per heavy atom. The predicted molar refractivity (Wildman–Crippen MR) is 161 cm³/mol. The van der Waals surface area contributed by atoms with Crippen LogP contribution >= 0.6 is 0 Å². The Balaban J connectivity index is 2.20. The van der Waals surface area contributed by atoms with Gasteiger partial charge in [0.1, 0.15) is 18.7 Å². The molecule has 0 radical (unpaired) electrons. The van der Waals surface area contributed by atoms with E-state index in [-0.39, 0.29) is 38.0 Å². The highest BCUT2D eigenvalue weighted by molar-refractivity contribution is 5.92. The summed E-state index contributed by atoms with van der Waals surface area (Å²) < 4.78 is 10.2. The van der Waals surface area contributed by atoms with Crippen LogP contribution in [-0.2, 0) is 41.7 Å². The van der Waals surface area contributed by atoms with E-state index in [4.69, 9.17) is 9.47 Å². The molecule has 0 aliphatic carbocycles. The van der Waals surface area contributed by atoms with Gasteiger partial charge in [-0.2, -0.15) is 0 Å². The van der Waals surface area contributed by atoms with Crippen molar-refractivity contribution in [2.24, 2.45) is 5.92 Å². The Labute approximate surface area is 252 Å². The lowest BCUT2D eigenvalue weighted by atomic mass is 10.0. The van der Waals surface area contributed by atoms with Gasteiger partial charge >= 0.3 is 12.1 Å². The molecule has 0 fully saturated rings. The van der Waals surface area contributed by atoms with E-state index >= 15 is 0 Å². The van der Waals surface area contributed by atoms with E-state index in [1.807, 2.05) is 74.5 Å². The third-order valence-corrected chi connectivity index (χ3v) is 6.09. The Kier molecular flexibility index (Phi) is 15.0. The largest absolute Gasteiger partial charge is 0.463 e.